The monoisotopic (exact) mass is 367 g/mol. The first-order chi connectivity index (χ1) is 11.4. The Labute approximate surface area is 150 Å². The van der Waals surface area contributed by atoms with Crippen LogP contribution in [0.25, 0.3) is 0 Å². The minimum Gasteiger partial charge on any atom is -0.456 e. The summed E-state index contributed by atoms with van der Waals surface area (Å²) in [5.41, 5.74) is 1.57. The highest BCUT2D eigenvalue weighted by Crippen LogP contribution is 2.24. The highest BCUT2D eigenvalue weighted by atomic mass is 32.2. The van der Waals surface area contributed by atoms with E-state index in [-0.39, 0.29) is 23.5 Å². The van der Waals surface area contributed by atoms with Crippen LogP contribution in [0.5, 0.6) is 0 Å². The molecular weight excluding hydrogens is 346 g/mol. The van der Waals surface area contributed by atoms with Gasteiger partial charge in [0.1, 0.15) is 6.04 Å². The van der Waals surface area contributed by atoms with E-state index in [1.54, 1.807) is 17.0 Å². The summed E-state index contributed by atoms with van der Waals surface area (Å²) in [5.74, 6) is 0.158. The van der Waals surface area contributed by atoms with E-state index in [1.165, 1.54) is 23.5 Å². The third-order valence-corrected chi connectivity index (χ3v) is 5.78. The lowest BCUT2D eigenvalue weighted by Crippen LogP contribution is -2.46. The van der Waals surface area contributed by atoms with Crippen LogP contribution < -0.4 is 0 Å². The number of amides is 1. The number of thioether (sulfide) groups is 2. The van der Waals surface area contributed by atoms with Crippen LogP contribution in [-0.4, -0.2) is 58.3 Å². The number of Topliss-reactive ketones (excluding diaryl/α,β-unsaturated/α-hetero) is 1. The normalized spacial score (nSPS) is 18.3. The Hall–Kier alpha value is -1.47. The minimum atomic E-state index is -0.608. The van der Waals surface area contributed by atoms with E-state index < -0.39 is 12.0 Å². The second-order valence-electron chi connectivity index (χ2n) is 5.60. The molecule has 1 aliphatic heterocycles. The lowest BCUT2D eigenvalue weighted by Gasteiger charge is -2.24. The van der Waals surface area contributed by atoms with E-state index in [4.69, 9.17) is 4.74 Å². The minimum absolute atomic E-state index is 0.0701. The largest absolute Gasteiger partial charge is 0.456 e. The maximum Gasteiger partial charge on any atom is 0.330 e. The zero-order chi connectivity index (χ0) is 17.7. The van der Waals surface area contributed by atoms with Gasteiger partial charge in [0.05, 0.1) is 11.1 Å². The van der Waals surface area contributed by atoms with Crippen LogP contribution in [0.4, 0.5) is 0 Å². The summed E-state index contributed by atoms with van der Waals surface area (Å²) in [6.07, 6.45) is 1.86. The van der Waals surface area contributed by atoms with Gasteiger partial charge in [0, 0.05) is 11.3 Å². The molecule has 0 saturated carbocycles. The van der Waals surface area contributed by atoms with Crippen molar-refractivity contribution in [2.75, 3.05) is 24.5 Å². The number of carbonyl (C=O) groups is 3. The maximum absolute atomic E-state index is 12.3. The molecule has 24 heavy (non-hydrogen) atoms. The van der Waals surface area contributed by atoms with Crippen molar-refractivity contribution in [3.63, 3.8) is 0 Å². The van der Waals surface area contributed by atoms with E-state index in [0.717, 1.165) is 5.56 Å². The predicted molar refractivity (Wildman–Crippen MR) is 97.4 cm³/mol. The molecular formula is C17H21NO4S2. The number of carbonyl (C=O) groups excluding carboxylic acids is 3. The fraction of sp³-hybridized carbons (Fsp3) is 0.471. The third-order valence-electron chi connectivity index (χ3n) is 3.86. The first-order valence-electron chi connectivity index (χ1n) is 7.61. The van der Waals surface area contributed by atoms with Crippen LogP contribution >= 0.6 is 23.5 Å². The summed E-state index contributed by atoms with van der Waals surface area (Å²) in [7, 11) is 0. The van der Waals surface area contributed by atoms with Crippen LogP contribution in [0.2, 0.25) is 0 Å². The number of nitrogens with zero attached hydrogens (tertiary/aromatic N) is 1. The van der Waals surface area contributed by atoms with Crippen molar-refractivity contribution in [2.45, 2.75) is 25.1 Å². The van der Waals surface area contributed by atoms with Gasteiger partial charge in [0.2, 0.25) is 5.91 Å². The highest BCUT2D eigenvalue weighted by Gasteiger charge is 2.37. The summed E-state index contributed by atoms with van der Waals surface area (Å²) in [5, 5.41) is -0.201. The molecule has 0 aliphatic carbocycles. The molecule has 2 atom stereocenters. The van der Waals surface area contributed by atoms with Gasteiger partial charge >= 0.3 is 5.97 Å². The van der Waals surface area contributed by atoms with Crippen molar-refractivity contribution in [2.24, 2.45) is 0 Å². The Kier molecular flexibility index (Phi) is 6.74. The van der Waals surface area contributed by atoms with Crippen molar-refractivity contribution in [1.82, 2.24) is 4.90 Å². The summed E-state index contributed by atoms with van der Waals surface area (Å²) in [6.45, 7) is 3.45. The van der Waals surface area contributed by atoms with Crippen LogP contribution in [0, 0.1) is 6.92 Å². The summed E-state index contributed by atoms with van der Waals surface area (Å²) >= 11 is 2.96. The number of ether oxygens (including phenoxy) is 1. The molecule has 0 spiro atoms. The van der Waals surface area contributed by atoms with Gasteiger partial charge in [-0.2, -0.15) is 11.8 Å². The number of rotatable bonds is 6. The Bertz CT molecular complexity index is 618. The molecule has 0 radical (unpaired) electrons. The Morgan fingerprint density at radius 2 is 2.00 bits per heavy atom. The van der Waals surface area contributed by atoms with Gasteiger partial charge in [-0.05, 0) is 20.1 Å². The quantitative estimate of drug-likeness (QED) is 0.568. The van der Waals surface area contributed by atoms with E-state index >= 15 is 0 Å². The Morgan fingerprint density at radius 1 is 1.33 bits per heavy atom. The molecule has 1 saturated heterocycles. The van der Waals surface area contributed by atoms with Gasteiger partial charge in [-0.3, -0.25) is 9.59 Å². The molecule has 5 nitrogen and oxygen atoms in total. The number of benzene rings is 1. The molecule has 1 aromatic rings. The number of aryl methyl sites for hydroxylation is 1. The van der Waals surface area contributed by atoms with Crippen molar-refractivity contribution in [1.29, 1.82) is 0 Å². The Morgan fingerprint density at radius 3 is 2.62 bits per heavy atom. The molecule has 2 unspecified atom stereocenters. The van der Waals surface area contributed by atoms with Crippen LogP contribution in [0.1, 0.15) is 22.8 Å². The Balaban J connectivity index is 1.92. The molecule has 1 fully saturated rings. The smallest absolute Gasteiger partial charge is 0.330 e. The molecule has 7 heteroatoms. The molecule has 2 rings (SSSR count). The lowest BCUT2D eigenvalue weighted by molar-refractivity contribution is -0.151. The average molecular weight is 367 g/mol. The van der Waals surface area contributed by atoms with Gasteiger partial charge < -0.3 is 9.64 Å². The second-order valence-corrected chi connectivity index (χ2v) is 7.78. The molecule has 1 aromatic carbocycles. The third kappa shape index (κ3) is 4.54. The first-order valence-corrected chi connectivity index (χ1v) is 10.1. The predicted octanol–water partition coefficient (Wildman–Crippen LogP) is 2.37. The van der Waals surface area contributed by atoms with Gasteiger partial charge in [-0.15, -0.1) is 11.8 Å². The van der Waals surface area contributed by atoms with E-state index in [9.17, 15) is 14.4 Å². The molecule has 130 valence electrons. The van der Waals surface area contributed by atoms with Crippen molar-refractivity contribution in [3.8, 4) is 0 Å². The van der Waals surface area contributed by atoms with Gasteiger partial charge in [0.15, 0.2) is 12.4 Å². The maximum atomic E-state index is 12.3. The van der Waals surface area contributed by atoms with Crippen LogP contribution in [-0.2, 0) is 14.3 Å². The second kappa shape index (κ2) is 8.58. The summed E-state index contributed by atoms with van der Waals surface area (Å²) in [6, 6.07) is 6.50. The summed E-state index contributed by atoms with van der Waals surface area (Å²) < 4.78 is 5.16. The fourth-order valence-electron chi connectivity index (χ4n) is 2.25. The lowest BCUT2D eigenvalue weighted by atomic mass is 10.1. The van der Waals surface area contributed by atoms with Crippen molar-refractivity contribution in [3.05, 3.63) is 35.4 Å². The molecule has 1 amide bonds. The highest BCUT2D eigenvalue weighted by molar-refractivity contribution is 8.00. The molecule has 0 aromatic heterocycles. The first kappa shape index (κ1) is 18.9. The molecule has 0 bridgehead atoms. The topological polar surface area (TPSA) is 63.7 Å². The number of ketones is 1. The van der Waals surface area contributed by atoms with Crippen LogP contribution in [0.3, 0.4) is 0 Å². The van der Waals surface area contributed by atoms with Crippen molar-refractivity contribution < 1.29 is 19.1 Å². The van der Waals surface area contributed by atoms with Gasteiger partial charge in [0.25, 0.3) is 0 Å². The van der Waals surface area contributed by atoms with Crippen LogP contribution in [0.15, 0.2) is 24.3 Å². The zero-order valence-corrected chi connectivity index (χ0v) is 15.6. The van der Waals surface area contributed by atoms with Crippen molar-refractivity contribution >= 4 is 41.2 Å². The van der Waals surface area contributed by atoms with E-state index in [1.807, 2.05) is 32.2 Å². The molecule has 1 heterocycles. The number of esters is 1. The standard InChI is InChI=1S/C17H21NO4S2/c1-11-4-6-13(7-5-11)15(19)8-22-17(21)14-9-24-10-18(14)16(20)12(2)23-3/h4-7,12,14H,8-10H2,1-3H3. The molecule has 1 aliphatic rings. The SMILES string of the molecule is CSC(C)C(=O)N1CSCC1C(=O)OCC(=O)c1ccc(C)cc1. The summed E-state index contributed by atoms with van der Waals surface area (Å²) in [4.78, 5) is 38.2. The molecule has 0 N–H and O–H groups in total. The van der Waals surface area contributed by atoms with E-state index in [0.29, 0.717) is 17.2 Å². The number of hydrogen-bond acceptors (Lipinski definition) is 6. The average Bonchev–Trinajstić information content (AvgIpc) is 3.08. The zero-order valence-electron chi connectivity index (χ0n) is 14.0. The van der Waals surface area contributed by atoms with E-state index in [2.05, 4.69) is 0 Å². The fourth-order valence-corrected chi connectivity index (χ4v) is 3.73. The number of hydrogen-bond donors (Lipinski definition) is 0. The van der Waals surface area contributed by atoms with Gasteiger partial charge in [-0.1, -0.05) is 29.8 Å². The van der Waals surface area contributed by atoms with Gasteiger partial charge in [-0.25, -0.2) is 4.79 Å².